The molecule has 3 rings (SSSR count). The van der Waals surface area contributed by atoms with Crippen molar-refractivity contribution >= 4 is 39.7 Å². The molecule has 0 aliphatic rings. The highest BCUT2D eigenvalue weighted by molar-refractivity contribution is 7.14. The Morgan fingerprint density at radius 1 is 1.33 bits per heavy atom. The fourth-order valence-corrected chi connectivity index (χ4v) is 3.11. The van der Waals surface area contributed by atoms with Crippen molar-refractivity contribution in [3.8, 4) is 17.0 Å². The molecular weight excluding hydrogens is 390 g/mol. The summed E-state index contributed by atoms with van der Waals surface area (Å²) in [6, 6.07) is 11.3. The van der Waals surface area contributed by atoms with Gasteiger partial charge in [0.2, 0.25) is 0 Å². The smallest absolute Gasteiger partial charge is 0.270 e. The summed E-state index contributed by atoms with van der Waals surface area (Å²) in [6.07, 6.45) is 0. The maximum absolute atomic E-state index is 12.0. The van der Waals surface area contributed by atoms with Gasteiger partial charge in [0, 0.05) is 28.1 Å². The molecule has 2 aromatic carbocycles. The number of aryl methyl sites for hydroxylation is 1. The number of rotatable bonds is 6. The first-order chi connectivity index (χ1) is 12.9. The van der Waals surface area contributed by atoms with E-state index in [9.17, 15) is 14.9 Å². The largest absolute Gasteiger partial charge is 0.484 e. The van der Waals surface area contributed by atoms with Crippen molar-refractivity contribution in [3.05, 3.63) is 68.5 Å². The summed E-state index contributed by atoms with van der Waals surface area (Å²) in [7, 11) is 0. The average Bonchev–Trinajstić information content (AvgIpc) is 3.11. The van der Waals surface area contributed by atoms with Gasteiger partial charge in [-0.2, -0.15) is 0 Å². The number of carbonyl (C=O) groups excluding carboxylic acids is 1. The first kappa shape index (κ1) is 18.8. The summed E-state index contributed by atoms with van der Waals surface area (Å²) in [6.45, 7) is 1.67. The quantitative estimate of drug-likeness (QED) is 0.475. The highest BCUT2D eigenvalue weighted by Gasteiger charge is 2.12. The van der Waals surface area contributed by atoms with Gasteiger partial charge in [0.05, 0.1) is 10.6 Å². The molecule has 0 saturated heterocycles. The Kier molecular flexibility index (Phi) is 5.68. The van der Waals surface area contributed by atoms with Crippen molar-refractivity contribution in [2.24, 2.45) is 0 Å². The molecule has 0 bridgehead atoms. The predicted molar refractivity (Wildman–Crippen MR) is 105 cm³/mol. The lowest BCUT2D eigenvalue weighted by molar-refractivity contribution is -0.384. The summed E-state index contributed by atoms with van der Waals surface area (Å²) in [5, 5.41) is 16.3. The van der Waals surface area contributed by atoms with Crippen LogP contribution in [0.2, 0.25) is 5.02 Å². The van der Waals surface area contributed by atoms with Crippen LogP contribution in [0.1, 0.15) is 5.56 Å². The first-order valence-corrected chi connectivity index (χ1v) is 9.07. The van der Waals surface area contributed by atoms with Crippen LogP contribution in [-0.2, 0) is 4.79 Å². The fraction of sp³-hybridized carbons (Fsp3) is 0.111. The van der Waals surface area contributed by atoms with Crippen molar-refractivity contribution in [1.29, 1.82) is 0 Å². The number of hydrogen-bond donors (Lipinski definition) is 1. The lowest BCUT2D eigenvalue weighted by Gasteiger charge is -2.07. The third-order valence-corrected chi connectivity index (χ3v) is 4.78. The molecule has 0 saturated carbocycles. The Morgan fingerprint density at radius 3 is 2.89 bits per heavy atom. The van der Waals surface area contributed by atoms with Crippen molar-refractivity contribution in [2.75, 3.05) is 11.9 Å². The molecule has 27 heavy (non-hydrogen) atoms. The van der Waals surface area contributed by atoms with Crippen LogP contribution in [-0.4, -0.2) is 22.4 Å². The molecule has 1 N–H and O–H groups in total. The average molecular weight is 404 g/mol. The summed E-state index contributed by atoms with van der Waals surface area (Å²) in [5.41, 5.74) is 2.00. The molecule has 1 heterocycles. The number of amides is 1. The number of aromatic nitrogens is 1. The highest BCUT2D eigenvalue weighted by atomic mass is 35.5. The number of ether oxygens (including phenoxy) is 1. The predicted octanol–water partition coefficient (Wildman–Crippen LogP) is 4.70. The van der Waals surface area contributed by atoms with Gasteiger partial charge in [0.15, 0.2) is 11.7 Å². The third-order valence-electron chi connectivity index (χ3n) is 3.60. The Bertz CT molecular complexity index is 1010. The number of nitrogens with zero attached hydrogens (tertiary/aromatic N) is 2. The lowest BCUT2D eigenvalue weighted by Crippen LogP contribution is -2.20. The number of nitrogens with one attached hydrogen (secondary N) is 1. The summed E-state index contributed by atoms with van der Waals surface area (Å²) in [4.78, 5) is 26.7. The Morgan fingerprint density at radius 2 is 2.15 bits per heavy atom. The maximum Gasteiger partial charge on any atom is 0.270 e. The van der Waals surface area contributed by atoms with Gasteiger partial charge in [-0.3, -0.25) is 20.2 Å². The number of carbonyl (C=O) groups is 1. The molecule has 0 aliphatic heterocycles. The number of non-ortho nitro benzene ring substituents is 1. The molecule has 0 radical (unpaired) electrons. The van der Waals surface area contributed by atoms with Gasteiger partial charge in [-0.25, -0.2) is 4.98 Å². The second-order valence-electron chi connectivity index (χ2n) is 5.59. The van der Waals surface area contributed by atoms with E-state index in [0.717, 1.165) is 5.56 Å². The number of benzene rings is 2. The second kappa shape index (κ2) is 8.15. The molecule has 3 aromatic rings. The van der Waals surface area contributed by atoms with Crippen LogP contribution in [0.4, 0.5) is 10.8 Å². The Hall–Kier alpha value is -2.97. The van der Waals surface area contributed by atoms with E-state index in [-0.39, 0.29) is 18.2 Å². The minimum Gasteiger partial charge on any atom is -0.484 e. The van der Waals surface area contributed by atoms with Gasteiger partial charge >= 0.3 is 0 Å². The van der Waals surface area contributed by atoms with Gasteiger partial charge in [0.25, 0.3) is 11.6 Å². The van der Waals surface area contributed by atoms with Crippen molar-refractivity contribution in [1.82, 2.24) is 4.98 Å². The van der Waals surface area contributed by atoms with E-state index in [1.54, 1.807) is 35.7 Å². The zero-order chi connectivity index (χ0) is 19.4. The Labute approximate surface area is 163 Å². The second-order valence-corrected chi connectivity index (χ2v) is 6.86. The van der Waals surface area contributed by atoms with Gasteiger partial charge in [-0.15, -0.1) is 11.3 Å². The van der Waals surface area contributed by atoms with E-state index in [2.05, 4.69) is 10.3 Å². The van der Waals surface area contributed by atoms with Crippen LogP contribution in [0.5, 0.6) is 5.75 Å². The van der Waals surface area contributed by atoms with E-state index < -0.39 is 4.92 Å². The van der Waals surface area contributed by atoms with Gasteiger partial charge in [-0.05, 0) is 30.7 Å². The molecule has 7 nitrogen and oxygen atoms in total. The highest BCUT2D eigenvalue weighted by Crippen LogP contribution is 2.27. The van der Waals surface area contributed by atoms with E-state index in [1.165, 1.54) is 23.5 Å². The minimum absolute atomic E-state index is 0.0160. The SMILES string of the molecule is Cc1cc(OCC(=O)Nc2nc(-c3cccc([N+](=O)[O-])c3)cs2)ccc1Cl. The molecule has 1 aromatic heterocycles. The van der Waals surface area contributed by atoms with Crippen LogP contribution >= 0.6 is 22.9 Å². The minimum atomic E-state index is -0.464. The number of nitro benzene ring substituents is 1. The Balaban J connectivity index is 1.61. The van der Waals surface area contributed by atoms with E-state index >= 15 is 0 Å². The topological polar surface area (TPSA) is 94.4 Å². The number of halogens is 1. The molecule has 0 fully saturated rings. The van der Waals surface area contributed by atoms with Gasteiger partial charge < -0.3 is 4.74 Å². The molecule has 0 atom stereocenters. The van der Waals surface area contributed by atoms with Crippen LogP contribution in [0, 0.1) is 17.0 Å². The summed E-state index contributed by atoms with van der Waals surface area (Å²) >= 11 is 7.18. The molecule has 0 unspecified atom stereocenters. The molecule has 0 aliphatic carbocycles. The number of hydrogen-bond acceptors (Lipinski definition) is 6. The zero-order valence-electron chi connectivity index (χ0n) is 14.1. The number of nitro groups is 1. The number of thiazole rings is 1. The van der Waals surface area contributed by atoms with Gasteiger partial charge in [-0.1, -0.05) is 23.7 Å². The molecule has 138 valence electrons. The zero-order valence-corrected chi connectivity index (χ0v) is 15.7. The fourth-order valence-electron chi connectivity index (χ4n) is 2.25. The summed E-state index contributed by atoms with van der Waals surface area (Å²) in [5.74, 6) is 0.186. The third kappa shape index (κ3) is 4.81. The monoisotopic (exact) mass is 403 g/mol. The number of anilines is 1. The van der Waals surface area contributed by atoms with Crippen molar-refractivity contribution in [3.63, 3.8) is 0 Å². The van der Waals surface area contributed by atoms with Crippen LogP contribution in [0.25, 0.3) is 11.3 Å². The van der Waals surface area contributed by atoms with Crippen LogP contribution < -0.4 is 10.1 Å². The molecular formula is C18H14ClN3O4S. The van der Waals surface area contributed by atoms with E-state index in [1.807, 2.05) is 6.92 Å². The first-order valence-electron chi connectivity index (χ1n) is 7.81. The van der Waals surface area contributed by atoms with Crippen LogP contribution in [0.15, 0.2) is 47.8 Å². The summed E-state index contributed by atoms with van der Waals surface area (Å²) < 4.78 is 5.44. The van der Waals surface area contributed by atoms with Gasteiger partial charge in [0.1, 0.15) is 5.75 Å². The van der Waals surface area contributed by atoms with Crippen LogP contribution in [0.3, 0.4) is 0 Å². The maximum atomic E-state index is 12.0. The van der Waals surface area contributed by atoms with E-state index in [4.69, 9.17) is 16.3 Å². The van der Waals surface area contributed by atoms with E-state index in [0.29, 0.717) is 27.2 Å². The molecule has 0 spiro atoms. The van der Waals surface area contributed by atoms with Crippen molar-refractivity contribution in [2.45, 2.75) is 6.92 Å². The standard InChI is InChI=1S/C18H14ClN3O4S/c1-11-7-14(5-6-15(11)19)26-9-17(23)21-18-20-16(10-27-18)12-3-2-4-13(8-12)22(24)25/h2-8,10H,9H2,1H3,(H,20,21,23). The molecule has 9 heteroatoms. The normalized spacial score (nSPS) is 10.4. The lowest BCUT2D eigenvalue weighted by atomic mass is 10.1. The molecule has 1 amide bonds. The van der Waals surface area contributed by atoms with Crippen molar-refractivity contribution < 1.29 is 14.5 Å².